The molecule has 0 bridgehead atoms. The largest absolute Gasteiger partial charge is 0.475 e. The van der Waals surface area contributed by atoms with E-state index in [1.807, 2.05) is 0 Å². The van der Waals surface area contributed by atoms with Crippen molar-refractivity contribution in [3.8, 4) is 5.88 Å². The van der Waals surface area contributed by atoms with Crippen molar-refractivity contribution in [2.45, 2.75) is 13.8 Å². The quantitative estimate of drug-likeness (QED) is 0.860. The number of nitrogens with zero attached hydrogens (tertiary/aromatic N) is 3. The van der Waals surface area contributed by atoms with Crippen molar-refractivity contribution in [1.29, 1.82) is 0 Å². The Balaban J connectivity index is 2.45. The zero-order valence-electron chi connectivity index (χ0n) is 9.61. The molecule has 0 saturated carbocycles. The molecule has 0 amide bonds. The van der Waals surface area contributed by atoms with E-state index in [4.69, 9.17) is 10.5 Å². The third kappa shape index (κ3) is 3.94. The number of aromatic nitrogens is 2. The summed E-state index contributed by atoms with van der Waals surface area (Å²) < 4.78 is 6.26. The van der Waals surface area contributed by atoms with Crippen LogP contribution in [-0.2, 0) is 0 Å². The zero-order valence-corrected chi connectivity index (χ0v) is 11.2. The summed E-state index contributed by atoms with van der Waals surface area (Å²) >= 11 is 3.31. The Hall–Kier alpha value is -0.880. The van der Waals surface area contributed by atoms with E-state index in [2.05, 4.69) is 44.6 Å². The third-order valence-corrected chi connectivity index (χ3v) is 2.82. The molecule has 0 atom stereocenters. The molecule has 2 N–H and O–H groups in total. The molecule has 1 heterocycles. The van der Waals surface area contributed by atoms with Crippen LogP contribution < -0.4 is 10.5 Å². The summed E-state index contributed by atoms with van der Waals surface area (Å²) in [6, 6.07) is 0. The first-order valence-corrected chi connectivity index (χ1v) is 6.09. The minimum absolute atomic E-state index is 0.223. The molecular weight excluding hydrogens is 272 g/mol. The Morgan fingerprint density at radius 1 is 1.44 bits per heavy atom. The van der Waals surface area contributed by atoms with Crippen molar-refractivity contribution in [2.24, 2.45) is 0 Å². The molecule has 0 saturated heterocycles. The predicted molar refractivity (Wildman–Crippen MR) is 67.4 cm³/mol. The highest BCUT2D eigenvalue weighted by atomic mass is 79.9. The molecule has 0 fully saturated rings. The van der Waals surface area contributed by atoms with Crippen LogP contribution in [-0.4, -0.2) is 41.1 Å². The van der Waals surface area contributed by atoms with Gasteiger partial charge in [-0.2, -0.15) is 4.98 Å². The Morgan fingerprint density at radius 2 is 2.12 bits per heavy atom. The van der Waals surface area contributed by atoms with E-state index < -0.39 is 0 Å². The van der Waals surface area contributed by atoms with Crippen molar-refractivity contribution in [2.75, 3.05) is 32.0 Å². The lowest BCUT2D eigenvalue weighted by atomic mass is 10.5. The van der Waals surface area contributed by atoms with Gasteiger partial charge < -0.3 is 15.4 Å². The standard InChI is InChI=1S/C10H17BrN4O/c1-3-15(4-2)5-6-16-9-8(11)7-13-10(12)14-9/h7H,3-6H2,1-2H3,(H2,12,13,14). The Kier molecular flexibility index (Phi) is 5.48. The highest BCUT2D eigenvalue weighted by Gasteiger charge is 2.05. The van der Waals surface area contributed by atoms with Gasteiger partial charge in [0.25, 0.3) is 0 Å². The number of ether oxygens (including phenoxy) is 1. The molecule has 1 aromatic heterocycles. The normalized spacial score (nSPS) is 10.8. The summed E-state index contributed by atoms with van der Waals surface area (Å²) in [4.78, 5) is 10.1. The van der Waals surface area contributed by atoms with Gasteiger partial charge in [0.2, 0.25) is 11.8 Å². The number of halogens is 1. The molecule has 1 rings (SSSR count). The summed E-state index contributed by atoms with van der Waals surface area (Å²) in [6.45, 7) is 7.77. The summed E-state index contributed by atoms with van der Waals surface area (Å²) in [7, 11) is 0. The molecule has 0 aliphatic heterocycles. The maximum atomic E-state index is 5.53. The van der Waals surface area contributed by atoms with Gasteiger partial charge in [-0.25, -0.2) is 4.98 Å². The molecule has 0 aromatic carbocycles. The highest BCUT2D eigenvalue weighted by molar-refractivity contribution is 9.10. The molecule has 0 spiro atoms. The van der Waals surface area contributed by atoms with Crippen LogP contribution in [0.15, 0.2) is 10.7 Å². The Bertz CT molecular complexity index is 331. The average Bonchev–Trinajstić information content (AvgIpc) is 2.29. The van der Waals surface area contributed by atoms with Gasteiger partial charge in [0, 0.05) is 6.54 Å². The molecule has 5 nitrogen and oxygen atoms in total. The van der Waals surface area contributed by atoms with E-state index in [0.717, 1.165) is 24.1 Å². The van der Waals surface area contributed by atoms with Gasteiger partial charge in [-0.1, -0.05) is 13.8 Å². The first-order chi connectivity index (χ1) is 7.67. The van der Waals surface area contributed by atoms with Gasteiger partial charge in [-0.3, -0.25) is 0 Å². The highest BCUT2D eigenvalue weighted by Crippen LogP contribution is 2.21. The van der Waals surface area contributed by atoms with E-state index in [0.29, 0.717) is 12.5 Å². The minimum Gasteiger partial charge on any atom is -0.475 e. The maximum absolute atomic E-state index is 5.53. The number of nitrogen functional groups attached to an aromatic ring is 1. The summed E-state index contributed by atoms with van der Waals surface area (Å²) in [5.41, 5.74) is 5.48. The van der Waals surface area contributed by atoms with Crippen molar-refractivity contribution in [3.05, 3.63) is 10.7 Å². The van der Waals surface area contributed by atoms with Crippen LogP contribution in [0.1, 0.15) is 13.8 Å². The first kappa shape index (κ1) is 13.2. The second-order valence-corrected chi connectivity index (χ2v) is 4.11. The van der Waals surface area contributed by atoms with Crippen LogP contribution in [0.2, 0.25) is 0 Å². The predicted octanol–water partition coefficient (Wildman–Crippen LogP) is 1.54. The van der Waals surface area contributed by atoms with Gasteiger partial charge >= 0.3 is 0 Å². The zero-order chi connectivity index (χ0) is 12.0. The summed E-state index contributed by atoms with van der Waals surface area (Å²) in [5.74, 6) is 0.723. The number of likely N-dealkylation sites (N-methyl/N-ethyl adjacent to an activating group) is 1. The molecular formula is C10H17BrN4O. The second kappa shape index (κ2) is 6.65. The molecule has 90 valence electrons. The monoisotopic (exact) mass is 288 g/mol. The van der Waals surface area contributed by atoms with Gasteiger partial charge in [0.05, 0.1) is 10.7 Å². The fourth-order valence-electron chi connectivity index (χ4n) is 1.28. The van der Waals surface area contributed by atoms with Gasteiger partial charge in [-0.15, -0.1) is 0 Å². The number of hydrogen-bond acceptors (Lipinski definition) is 5. The number of anilines is 1. The molecule has 6 heteroatoms. The first-order valence-electron chi connectivity index (χ1n) is 5.30. The van der Waals surface area contributed by atoms with E-state index in [1.54, 1.807) is 6.20 Å². The average molecular weight is 289 g/mol. The van der Waals surface area contributed by atoms with Crippen molar-refractivity contribution >= 4 is 21.9 Å². The third-order valence-electron chi connectivity index (χ3n) is 2.27. The van der Waals surface area contributed by atoms with Crippen LogP contribution in [0, 0.1) is 0 Å². The lowest BCUT2D eigenvalue weighted by Gasteiger charge is -2.17. The fraction of sp³-hybridized carbons (Fsp3) is 0.600. The number of rotatable bonds is 6. The maximum Gasteiger partial charge on any atom is 0.232 e. The molecule has 0 unspecified atom stereocenters. The van der Waals surface area contributed by atoms with E-state index in [-0.39, 0.29) is 5.95 Å². The van der Waals surface area contributed by atoms with Crippen LogP contribution >= 0.6 is 15.9 Å². The summed E-state index contributed by atoms with van der Waals surface area (Å²) in [6.07, 6.45) is 1.59. The van der Waals surface area contributed by atoms with Crippen molar-refractivity contribution < 1.29 is 4.74 Å². The number of nitrogens with two attached hydrogens (primary N) is 1. The molecule has 16 heavy (non-hydrogen) atoms. The molecule has 1 aromatic rings. The minimum atomic E-state index is 0.223. The second-order valence-electron chi connectivity index (χ2n) is 3.26. The van der Waals surface area contributed by atoms with Gasteiger partial charge in [-0.05, 0) is 29.0 Å². The topological polar surface area (TPSA) is 64.3 Å². The van der Waals surface area contributed by atoms with Crippen molar-refractivity contribution in [1.82, 2.24) is 14.9 Å². The van der Waals surface area contributed by atoms with E-state index >= 15 is 0 Å². The fourth-order valence-corrected chi connectivity index (χ4v) is 1.58. The molecule has 0 aliphatic rings. The van der Waals surface area contributed by atoms with E-state index in [9.17, 15) is 0 Å². The Labute approximate surface area is 104 Å². The van der Waals surface area contributed by atoms with Crippen LogP contribution in [0.3, 0.4) is 0 Å². The van der Waals surface area contributed by atoms with E-state index in [1.165, 1.54) is 0 Å². The van der Waals surface area contributed by atoms with Crippen LogP contribution in [0.4, 0.5) is 5.95 Å². The number of hydrogen-bond donors (Lipinski definition) is 1. The molecule has 0 aliphatic carbocycles. The lowest BCUT2D eigenvalue weighted by Crippen LogP contribution is -2.28. The SMILES string of the molecule is CCN(CC)CCOc1nc(N)ncc1Br. The van der Waals surface area contributed by atoms with Gasteiger partial charge in [0.15, 0.2) is 0 Å². The van der Waals surface area contributed by atoms with Crippen LogP contribution in [0.5, 0.6) is 5.88 Å². The summed E-state index contributed by atoms with van der Waals surface area (Å²) in [5, 5.41) is 0. The van der Waals surface area contributed by atoms with Gasteiger partial charge in [0.1, 0.15) is 6.61 Å². The Morgan fingerprint density at radius 3 is 2.75 bits per heavy atom. The van der Waals surface area contributed by atoms with Crippen LogP contribution in [0.25, 0.3) is 0 Å². The lowest BCUT2D eigenvalue weighted by molar-refractivity contribution is 0.217. The van der Waals surface area contributed by atoms with Crippen molar-refractivity contribution in [3.63, 3.8) is 0 Å². The smallest absolute Gasteiger partial charge is 0.232 e. The molecule has 0 radical (unpaired) electrons.